The summed E-state index contributed by atoms with van der Waals surface area (Å²) in [5.41, 5.74) is 3.07. The Labute approximate surface area is 170 Å². The Bertz CT molecular complexity index is 801. The fourth-order valence-corrected chi connectivity index (χ4v) is 4.74. The van der Waals surface area contributed by atoms with E-state index in [0.717, 1.165) is 59.5 Å². The maximum Gasteiger partial charge on any atom is 0.228 e. The SMILES string of the molecule is Cc1cc(C)nc(Sc2ccc(NC(=O)C3CC34CCNCC4)cc2)n1.Cl. The van der Waals surface area contributed by atoms with Gasteiger partial charge in [-0.15, -0.1) is 12.4 Å². The standard InChI is InChI=1S/C20H24N4OS.ClH/c1-13-11-14(2)23-19(22-13)26-16-5-3-15(4-6-16)24-18(25)17-12-20(17)7-9-21-10-8-20;/h3-6,11,17,21H,7-10,12H2,1-2H3,(H,24,25);1H. The van der Waals surface area contributed by atoms with E-state index >= 15 is 0 Å². The van der Waals surface area contributed by atoms with E-state index in [1.54, 1.807) is 0 Å². The Morgan fingerprint density at radius 3 is 2.41 bits per heavy atom. The van der Waals surface area contributed by atoms with Crippen molar-refractivity contribution in [3.8, 4) is 0 Å². The zero-order chi connectivity index (χ0) is 18.1. The van der Waals surface area contributed by atoms with Crippen molar-refractivity contribution in [2.75, 3.05) is 18.4 Å². The van der Waals surface area contributed by atoms with Crippen LogP contribution in [0.1, 0.15) is 30.7 Å². The smallest absolute Gasteiger partial charge is 0.228 e. The predicted molar refractivity (Wildman–Crippen MR) is 111 cm³/mol. The normalized spacial score (nSPS) is 20.0. The molecule has 1 atom stereocenters. The van der Waals surface area contributed by atoms with Gasteiger partial charge in [0, 0.05) is 27.9 Å². The highest BCUT2D eigenvalue weighted by Gasteiger charge is 2.57. The van der Waals surface area contributed by atoms with E-state index in [1.165, 1.54) is 11.8 Å². The van der Waals surface area contributed by atoms with Crippen LogP contribution in [0.25, 0.3) is 0 Å². The maximum absolute atomic E-state index is 12.5. The number of aryl methyl sites for hydroxylation is 2. The first kappa shape index (κ1) is 20.1. The summed E-state index contributed by atoms with van der Waals surface area (Å²) in [5.74, 6) is 0.354. The van der Waals surface area contributed by atoms with Crippen molar-refractivity contribution < 1.29 is 4.79 Å². The highest BCUT2D eigenvalue weighted by atomic mass is 35.5. The number of rotatable bonds is 4. The number of amides is 1. The molecule has 2 heterocycles. The van der Waals surface area contributed by atoms with Gasteiger partial charge in [-0.05, 0) is 93.7 Å². The number of hydrogen-bond donors (Lipinski definition) is 2. The lowest BCUT2D eigenvalue weighted by Gasteiger charge is -2.23. The third-order valence-electron chi connectivity index (χ3n) is 5.40. The van der Waals surface area contributed by atoms with E-state index in [0.29, 0.717) is 0 Å². The van der Waals surface area contributed by atoms with Crippen molar-refractivity contribution in [2.45, 2.75) is 43.2 Å². The van der Waals surface area contributed by atoms with Gasteiger partial charge < -0.3 is 10.6 Å². The Morgan fingerprint density at radius 1 is 1.15 bits per heavy atom. The molecule has 2 N–H and O–H groups in total. The van der Waals surface area contributed by atoms with Crippen molar-refractivity contribution in [1.82, 2.24) is 15.3 Å². The van der Waals surface area contributed by atoms with Gasteiger partial charge in [-0.3, -0.25) is 4.79 Å². The summed E-state index contributed by atoms with van der Waals surface area (Å²) >= 11 is 1.54. The molecule has 7 heteroatoms. The molecule has 1 aromatic carbocycles. The Hall–Kier alpha value is -1.63. The topological polar surface area (TPSA) is 66.9 Å². The number of piperidine rings is 1. The van der Waals surface area contributed by atoms with Gasteiger partial charge in [0.1, 0.15) is 0 Å². The van der Waals surface area contributed by atoms with Crippen LogP contribution in [-0.4, -0.2) is 29.0 Å². The molecule has 0 radical (unpaired) electrons. The Balaban J connectivity index is 0.00000210. The van der Waals surface area contributed by atoms with Gasteiger partial charge in [0.25, 0.3) is 0 Å². The molecule has 5 nitrogen and oxygen atoms in total. The molecule has 4 rings (SSSR count). The average molecular weight is 405 g/mol. The van der Waals surface area contributed by atoms with Crippen molar-refractivity contribution in [1.29, 1.82) is 0 Å². The molecule has 2 aliphatic rings. The Morgan fingerprint density at radius 2 is 1.78 bits per heavy atom. The summed E-state index contributed by atoms with van der Waals surface area (Å²) < 4.78 is 0. The van der Waals surface area contributed by atoms with Crippen LogP contribution in [0, 0.1) is 25.2 Å². The molecule has 2 fully saturated rings. The van der Waals surface area contributed by atoms with Crippen LogP contribution >= 0.6 is 24.2 Å². The lowest BCUT2D eigenvalue weighted by atomic mass is 9.92. The molecule has 1 aromatic heterocycles. The molecule has 1 saturated heterocycles. The summed E-state index contributed by atoms with van der Waals surface area (Å²) in [6.45, 7) is 6.03. The zero-order valence-corrected chi connectivity index (χ0v) is 17.3. The van der Waals surface area contributed by atoms with E-state index in [9.17, 15) is 4.79 Å². The molecule has 1 spiro atoms. The summed E-state index contributed by atoms with van der Waals surface area (Å²) in [6, 6.07) is 9.90. The average Bonchev–Trinajstić information content (AvgIpc) is 3.29. The summed E-state index contributed by atoms with van der Waals surface area (Å²) in [6.07, 6.45) is 3.28. The van der Waals surface area contributed by atoms with Gasteiger partial charge in [-0.25, -0.2) is 9.97 Å². The van der Waals surface area contributed by atoms with Crippen molar-refractivity contribution in [3.05, 3.63) is 41.7 Å². The highest BCUT2D eigenvalue weighted by Crippen LogP contribution is 2.58. The van der Waals surface area contributed by atoms with Gasteiger partial charge in [0.05, 0.1) is 0 Å². The lowest BCUT2D eigenvalue weighted by Crippen LogP contribution is -2.31. The van der Waals surface area contributed by atoms with Gasteiger partial charge in [-0.2, -0.15) is 0 Å². The molecule has 27 heavy (non-hydrogen) atoms. The molecule has 1 amide bonds. The van der Waals surface area contributed by atoms with Gasteiger partial charge in [0.2, 0.25) is 5.91 Å². The first-order valence-electron chi connectivity index (χ1n) is 9.16. The third-order valence-corrected chi connectivity index (χ3v) is 6.27. The minimum absolute atomic E-state index is 0. The molecule has 0 bridgehead atoms. The monoisotopic (exact) mass is 404 g/mol. The number of aromatic nitrogens is 2. The number of benzene rings is 1. The fourth-order valence-electron chi connectivity index (χ4n) is 3.88. The van der Waals surface area contributed by atoms with E-state index in [1.807, 2.05) is 44.2 Å². The zero-order valence-electron chi connectivity index (χ0n) is 15.6. The van der Waals surface area contributed by atoms with E-state index < -0.39 is 0 Å². The third kappa shape index (κ3) is 4.62. The van der Waals surface area contributed by atoms with Crippen LogP contribution in [-0.2, 0) is 4.79 Å². The largest absolute Gasteiger partial charge is 0.326 e. The van der Waals surface area contributed by atoms with Crippen LogP contribution in [0.4, 0.5) is 5.69 Å². The quantitative estimate of drug-likeness (QED) is 0.754. The van der Waals surface area contributed by atoms with Crippen LogP contribution in [0.2, 0.25) is 0 Å². The molecule has 144 valence electrons. The molecule has 1 saturated carbocycles. The summed E-state index contributed by atoms with van der Waals surface area (Å²) in [4.78, 5) is 22.5. The van der Waals surface area contributed by atoms with Crippen LogP contribution < -0.4 is 10.6 Å². The predicted octanol–water partition coefficient (Wildman–Crippen LogP) is 3.99. The highest BCUT2D eigenvalue weighted by molar-refractivity contribution is 7.99. The van der Waals surface area contributed by atoms with Crippen molar-refractivity contribution in [2.24, 2.45) is 11.3 Å². The fraction of sp³-hybridized carbons (Fsp3) is 0.450. The summed E-state index contributed by atoms with van der Waals surface area (Å²) in [7, 11) is 0. The molecule has 1 unspecified atom stereocenters. The first-order valence-corrected chi connectivity index (χ1v) is 9.98. The molecular weight excluding hydrogens is 380 g/mol. The van der Waals surface area contributed by atoms with Gasteiger partial charge in [0.15, 0.2) is 5.16 Å². The van der Waals surface area contributed by atoms with Gasteiger partial charge in [-0.1, -0.05) is 0 Å². The number of nitrogens with zero attached hydrogens (tertiary/aromatic N) is 2. The van der Waals surface area contributed by atoms with E-state index in [-0.39, 0.29) is 29.6 Å². The second-order valence-electron chi connectivity index (χ2n) is 7.42. The van der Waals surface area contributed by atoms with Crippen LogP contribution in [0.15, 0.2) is 40.4 Å². The van der Waals surface area contributed by atoms with E-state index in [4.69, 9.17) is 0 Å². The number of halogens is 1. The molecule has 2 aromatic rings. The van der Waals surface area contributed by atoms with E-state index in [2.05, 4.69) is 20.6 Å². The maximum atomic E-state index is 12.5. The second-order valence-corrected chi connectivity index (χ2v) is 8.46. The molecule has 1 aliphatic carbocycles. The number of nitrogens with one attached hydrogen (secondary N) is 2. The minimum atomic E-state index is 0. The first-order chi connectivity index (χ1) is 12.5. The molecular formula is C20H25ClN4OS. The van der Waals surface area contributed by atoms with Crippen molar-refractivity contribution in [3.63, 3.8) is 0 Å². The number of hydrogen-bond acceptors (Lipinski definition) is 5. The Kier molecular flexibility index (Phi) is 6.08. The number of carbonyl (C=O) groups is 1. The van der Waals surface area contributed by atoms with Gasteiger partial charge >= 0.3 is 0 Å². The summed E-state index contributed by atoms with van der Waals surface area (Å²) in [5, 5.41) is 7.22. The van der Waals surface area contributed by atoms with Crippen LogP contribution in [0.3, 0.4) is 0 Å². The lowest BCUT2D eigenvalue weighted by molar-refractivity contribution is -0.118. The number of carbonyl (C=O) groups excluding carboxylic acids is 1. The number of anilines is 1. The van der Waals surface area contributed by atoms with Crippen LogP contribution in [0.5, 0.6) is 0 Å². The molecule has 1 aliphatic heterocycles. The van der Waals surface area contributed by atoms with Crippen molar-refractivity contribution >= 4 is 35.8 Å². The minimum Gasteiger partial charge on any atom is -0.326 e. The second kappa shape index (κ2) is 8.17.